The molecule has 0 saturated carbocycles. The highest BCUT2D eigenvalue weighted by Gasteiger charge is 2.13. The van der Waals surface area contributed by atoms with Gasteiger partial charge in [-0.25, -0.2) is 0 Å². The van der Waals surface area contributed by atoms with Crippen molar-refractivity contribution in [3.8, 4) is 0 Å². The summed E-state index contributed by atoms with van der Waals surface area (Å²) in [5, 5.41) is 6.58. The summed E-state index contributed by atoms with van der Waals surface area (Å²) < 4.78 is 5.67. The number of aliphatic imine (C=N–C) groups is 1. The quantitative estimate of drug-likeness (QED) is 0.728. The van der Waals surface area contributed by atoms with Crippen molar-refractivity contribution in [2.24, 2.45) is 4.99 Å². The second kappa shape index (κ2) is 5.95. The Morgan fingerprint density at radius 2 is 2.40 bits per heavy atom. The summed E-state index contributed by atoms with van der Waals surface area (Å²) in [6.45, 7) is 3.92. The van der Waals surface area contributed by atoms with Gasteiger partial charge in [0, 0.05) is 26.2 Å². The number of ether oxygens (including phenoxy) is 1. The van der Waals surface area contributed by atoms with Gasteiger partial charge in [0.2, 0.25) is 0 Å². The lowest BCUT2D eigenvalue weighted by Gasteiger charge is -2.23. The molecule has 15 heavy (non-hydrogen) atoms. The summed E-state index contributed by atoms with van der Waals surface area (Å²) in [5.41, 5.74) is 0. The molecule has 4 nitrogen and oxygen atoms in total. The van der Waals surface area contributed by atoms with Gasteiger partial charge < -0.3 is 15.4 Å². The molecule has 2 N–H and O–H groups in total. The molecule has 1 fully saturated rings. The summed E-state index contributed by atoms with van der Waals surface area (Å²) in [4.78, 5) is 4.37. The van der Waals surface area contributed by atoms with Crippen LogP contribution in [0.5, 0.6) is 0 Å². The van der Waals surface area contributed by atoms with E-state index in [1.54, 1.807) is 0 Å². The van der Waals surface area contributed by atoms with Crippen LogP contribution in [-0.4, -0.2) is 38.3 Å². The maximum atomic E-state index is 5.67. The van der Waals surface area contributed by atoms with Gasteiger partial charge in [0.1, 0.15) is 0 Å². The van der Waals surface area contributed by atoms with Gasteiger partial charge in [-0.05, 0) is 32.1 Å². The molecule has 0 aliphatic carbocycles. The fourth-order valence-electron chi connectivity index (χ4n) is 2.04. The Labute approximate surface area is 91.5 Å². The third-order valence-electron chi connectivity index (χ3n) is 2.93. The molecule has 2 aliphatic heterocycles. The van der Waals surface area contributed by atoms with E-state index in [-0.39, 0.29) is 0 Å². The molecule has 0 aromatic carbocycles. The van der Waals surface area contributed by atoms with Gasteiger partial charge in [-0.1, -0.05) is 0 Å². The van der Waals surface area contributed by atoms with Gasteiger partial charge in [-0.3, -0.25) is 4.99 Å². The van der Waals surface area contributed by atoms with Crippen molar-refractivity contribution >= 4 is 5.96 Å². The lowest BCUT2D eigenvalue weighted by Crippen LogP contribution is -2.41. The van der Waals surface area contributed by atoms with Crippen LogP contribution in [0.1, 0.15) is 32.1 Å². The van der Waals surface area contributed by atoms with Crippen LogP contribution in [0.15, 0.2) is 4.99 Å². The number of hydrogen-bond donors (Lipinski definition) is 2. The number of nitrogens with one attached hydrogen (secondary N) is 2. The molecule has 1 saturated heterocycles. The summed E-state index contributed by atoms with van der Waals surface area (Å²) in [6.07, 6.45) is 6.50. The molecule has 0 radical (unpaired) electrons. The standard InChI is InChI=1S/C11H21N3O/c1-2-9-15-10(4-1)5-8-14-11-12-6-3-7-13-11/h10H,1-9H2,(H2,12,13,14). The normalized spacial score (nSPS) is 26.7. The number of rotatable bonds is 3. The number of nitrogens with zero attached hydrogens (tertiary/aromatic N) is 1. The van der Waals surface area contributed by atoms with E-state index in [0.29, 0.717) is 6.10 Å². The Morgan fingerprint density at radius 3 is 3.13 bits per heavy atom. The monoisotopic (exact) mass is 211 g/mol. The van der Waals surface area contributed by atoms with E-state index in [2.05, 4.69) is 15.6 Å². The van der Waals surface area contributed by atoms with Crippen LogP contribution >= 0.6 is 0 Å². The van der Waals surface area contributed by atoms with E-state index >= 15 is 0 Å². The molecule has 2 rings (SSSR count). The number of hydrogen-bond acceptors (Lipinski definition) is 4. The molecule has 1 unspecified atom stereocenters. The van der Waals surface area contributed by atoms with Crippen LogP contribution in [-0.2, 0) is 4.74 Å². The number of guanidine groups is 1. The topological polar surface area (TPSA) is 45.7 Å². The third-order valence-corrected chi connectivity index (χ3v) is 2.93. The van der Waals surface area contributed by atoms with Crippen LogP contribution in [0, 0.1) is 0 Å². The molecule has 0 aromatic rings. The minimum Gasteiger partial charge on any atom is -0.378 e. The van der Waals surface area contributed by atoms with Crippen LogP contribution in [0.2, 0.25) is 0 Å². The van der Waals surface area contributed by atoms with Gasteiger partial charge in [0.25, 0.3) is 0 Å². The highest BCUT2D eigenvalue weighted by Crippen LogP contribution is 2.14. The van der Waals surface area contributed by atoms with Crippen molar-refractivity contribution in [1.82, 2.24) is 10.6 Å². The summed E-state index contributed by atoms with van der Waals surface area (Å²) in [6, 6.07) is 0. The minimum absolute atomic E-state index is 0.468. The predicted molar refractivity (Wildman–Crippen MR) is 61.1 cm³/mol. The highest BCUT2D eigenvalue weighted by atomic mass is 16.5. The maximum Gasteiger partial charge on any atom is 0.191 e. The lowest BCUT2D eigenvalue weighted by atomic mass is 10.1. The molecule has 0 aromatic heterocycles. The molecule has 1 atom stereocenters. The first-order chi connectivity index (χ1) is 7.45. The minimum atomic E-state index is 0.468. The van der Waals surface area contributed by atoms with Gasteiger partial charge >= 0.3 is 0 Å². The molecule has 0 bridgehead atoms. The molecule has 2 heterocycles. The zero-order valence-corrected chi connectivity index (χ0v) is 9.30. The predicted octanol–water partition coefficient (Wildman–Crippen LogP) is 0.884. The van der Waals surface area contributed by atoms with Crippen molar-refractivity contribution in [3.63, 3.8) is 0 Å². The van der Waals surface area contributed by atoms with Crippen molar-refractivity contribution < 1.29 is 4.74 Å². The Bertz CT molecular complexity index is 212. The average Bonchev–Trinajstić information content (AvgIpc) is 2.32. The third kappa shape index (κ3) is 3.70. The first kappa shape index (κ1) is 10.7. The van der Waals surface area contributed by atoms with Gasteiger partial charge in [-0.15, -0.1) is 0 Å². The second-order valence-corrected chi connectivity index (χ2v) is 4.21. The lowest BCUT2D eigenvalue weighted by molar-refractivity contribution is 0.0122. The summed E-state index contributed by atoms with van der Waals surface area (Å²) >= 11 is 0. The molecule has 0 spiro atoms. The van der Waals surface area contributed by atoms with Crippen molar-refractivity contribution in [3.05, 3.63) is 0 Å². The fraction of sp³-hybridized carbons (Fsp3) is 0.909. The van der Waals surface area contributed by atoms with Crippen molar-refractivity contribution in [1.29, 1.82) is 0 Å². The van der Waals surface area contributed by atoms with Gasteiger partial charge in [-0.2, -0.15) is 0 Å². The van der Waals surface area contributed by atoms with E-state index in [1.165, 1.54) is 19.3 Å². The van der Waals surface area contributed by atoms with Crippen LogP contribution in [0.4, 0.5) is 0 Å². The first-order valence-electron chi connectivity index (χ1n) is 6.09. The highest BCUT2D eigenvalue weighted by molar-refractivity contribution is 5.80. The second-order valence-electron chi connectivity index (χ2n) is 4.21. The van der Waals surface area contributed by atoms with E-state index in [9.17, 15) is 0 Å². The Kier molecular flexibility index (Phi) is 4.26. The average molecular weight is 211 g/mol. The van der Waals surface area contributed by atoms with E-state index < -0.39 is 0 Å². The Balaban J connectivity index is 1.59. The van der Waals surface area contributed by atoms with Crippen LogP contribution in [0.3, 0.4) is 0 Å². The molecule has 4 heteroatoms. The summed E-state index contributed by atoms with van der Waals surface area (Å²) in [7, 11) is 0. The zero-order valence-electron chi connectivity index (χ0n) is 9.30. The van der Waals surface area contributed by atoms with E-state index in [4.69, 9.17) is 4.74 Å². The molecular formula is C11H21N3O. The molecule has 0 amide bonds. The first-order valence-corrected chi connectivity index (χ1v) is 6.09. The molecular weight excluding hydrogens is 190 g/mol. The SMILES string of the molecule is C1CN=C(NCCC2CCCCO2)NC1. The largest absolute Gasteiger partial charge is 0.378 e. The van der Waals surface area contributed by atoms with E-state index in [0.717, 1.165) is 45.0 Å². The Morgan fingerprint density at radius 1 is 1.40 bits per heavy atom. The fourth-order valence-corrected chi connectivity index (χ4v) is 2.04. The molecule has 2 aliphatic rings. The van der Waals surface area contributed by atoms with Crippen molar-refractivity contribution in [2.75, 3.05) is 26.2 Å². The summed E-state index contributed by atoms with van der Waals surface area (Å²) in [5.74, 6) is 0.969. The molecule has 86 valence electrons. The van der Waals surface area contributed by atoms with Crippen LogP contribution < -0.4 is 10.6 Å². The van der Waals surface area contributed by atoms with Gasteiger partial charge in [0.05, 0.1) is 6.10 Å². The van der Waals surface area contributed by atoms with Crippen LogP contribution in [0.25, 0.3) is 0 Å². The zero-order chi connectivity index (χ0) is 10.3. The Hall–Kier alpha value is -0.770. The van der Waals surface area contributed by atoms with Gasteiger partial charge in [0.15, 0.2) is 5.96 Å². The van der Waals surface area contributed by atoms with E-state index in [1.807, 2.05) is 0 Å². The van der Waals surface area contributed by atoms with Crippen molar-refractivity contribution in [2.45, 2.75) is 38.2 Å². The smallest absolute Gasteiger partial charge is 0.191 e. The maximum absolute atomic E-state index is 5.67.